The first-order valence-corrected chi connectivity index (χ1v) is 11.3. The van der Waals surface area contributed by atoms with Gasteiger partial charge in [0.1, 0.15) is 11.8 Å². The minimum Gasteiger partial charge on any atom is -0.480 e. The number of hydrogen-bond acceptors (Lipinski definition) is 5. The quantitative estimate of drug-likeness (QED) is 0.388. The molecule has 4 rings (SSSR count). The number of hydrogen-bond donors (Lipinski definition) is 4. The van der Waals surface area contributed by atoms with E-state index in [-0.39, 0.29) is 12.2 Å². The second-order valence-electron chi connectivity index (χ2n) is 9.43. The van der Waals surface area contributed by atoms with E-state index in [2.05, 4.69) is 33.5 Å². The van der Waals surface area contributed by atoms with E-state index in [1.54, 1.807) is 20.2 Å². The van der Waals surface area contributed by atoms with Crippen molar-refractivity contribution >= 4 is 22.5 Å². The molecule has 0 spiro atoms. The number of nitrogens with zero attached hydrogens (tertiary/aromatic N) is 1. The maximum atomic E-state index is 14.1. The number of aromatic nitrogens is 2. The standard InChI is InChI=1S/C27H30N4O3/c1-26(2,14-23(28)25(33)34)24(32)22-11-5-6-13-27(22,31-16-19-15-29-17-30-19)21-12-7-9-18-8-3-4-10-20(18)21/h3-13,15,17,22-23,31H,14,16,28H2,1-2H3,(H,29,30)(H,33,34). The van der Waals surface area contributed by atoms with E-state index in [1.165, 1.54) is 0 Å². The highest BCUT2D eigenvalue weighted by Crippen LogP contribution is 2.43. The van der Waals surface area contributed by atoms with Gasteiger partial charge in [-0.1, -0.05) is 80.6 Å². The molecule has 1 aliphatic rings. The predicted molar refractivity (Wildman–Crippen MR) is 132 cm³/mol. The Balaban J connectivity index is 1.83. The van der Waals surface area contributed by atoms with E-state index in [0.717, 1.165) is 22.0 Å². The van der Waals surface area contributed by atoms with E-state index < -0.39 is 28.9 Å². The molecule has 34 heavy (non-hydrogen) atoms. The lowest BCUT2D eigenvalue weighted by Crippen LogP contribution is -2.53. The van der Waals surface area contributed by atoms with Crippen LogP contribution < -0.4 is 11.1 Å². The summed E-state index contributed by atoms with van der Waals surface area (Å²) in [6.45, 7) is 3.97. The average Bonchev–Trinajstić information content (AvgIpc) is 3.35. The lowest BCUT2D eigenvalue weighted by atomic mass is 9.65. The summed E-state index contributed by atoms with van der Waals surface area (Å²) in [6, 6.07) is 13.1. The highest BCUT2D eigenvalue weighted by atomic mass is 16.4. The number of aliphatic carboxylic acids is 1. The number of imidazole rings is 1. The molecule has 1 heterocycles. The molecular formula is C27H30N4O3. The van der Waals surface area contributed by atoms with Gasteiger partial charge in [0.2, 0.25) is 0 Å². The number of aromatic amines is 1. The van der Waals surface area contributed by atoms with Crippen LogP contribution in [0.5, 0.6) is 0 Å². The van der Waals surface area contributed by atoms with Gasteiger partial charge in [0.05, 0.1) is 23.5 Å². The van der Waals surface area contributed by atoms with Crippen LogP contribution in [0.2, 0.25) is 0 Å². The Bertz CT molecular complexity index is 1240. The maximum Gasteiger partial charge on any atom is 0.320 e. The first-order valence-electron chi connectivity index (χ1n) is 11.3. The number of H-pyrrole nitrogens is 1. The molecule has 0 fully saturated rings. The van der Waals surface area contributed by atoms with Crippen molar-refractivity contribution < 1.29 is 14.7 Å². The zero-order valence-corrected chi connectivity index (χ0v) is 19.4. The predicted octanol–water partition coefficient (Wildman–Crippen LogP) is 3.69. The number of carbonyl (C=O) groups is 2. The van der Waals surface area contributed by atoms with Crippen LogP contribution in [0, 0.1) is 11.3 Å². The van der Waals surface area contributed by atoms with Gasteiger partial charge in [-0.25, -0.2) is 4.98 Å². The molecule has 176 valence electrons. The third-order valence-corrected chi connectivity index (χ3v) is 6.61. The van der Waals surface area contributed by atoms with E-state index >= 15 is 0 Å². The molecule has 7 nitrogen and oxygen atoms in total. The third-order valence-electron chi connectivity index (χ3n) is 6.61. The molecule has 3 atom stereocenters. The Morgan fingerprint density at radius 2 is 1.97 bits per heavy atom. The number of nitrogens with two attached hydrogens (primary N) is 1. The summed E-state index contributed by atoms with van der Waals surface area (Å²) in [5.74, 6) is -1.78. The number of fused-ring (bicyclic) bond motifs is 1. The minimum absolute atomic E-state index is 0.0419. The van der Waals surface area contributed by atoms with Crippen molar-refractivity contribution in [1.29, 1.82) is 0 Å². The van der Waals surface area contributed by atoms with Crippen LogP contribution in [0.4, 0.5) is 0 Å². The highest BCUT2D eigenvalue weighted by molar-refractivity contribution is 5.93. The summed E-state index contributed by atoms with van der Waals surface area (Å²) in [4.78, 5) is 32.8. The van der Waals surface area contributed by atoms with Crippen LogP contribution in [0.25, 0.3) is 10.8 Å². The minimum atomic E-state index is -1.12. The van der Waals surface area contributed by atoms with Crippen LogP contribution in [-0.2, 0) is 21.7 Å². The van der Waals surface area contributed by atoms with E-state index in [4.69, 9.17) is 5.73 Å². The molecule has 0 radical (unpaired) electrons. The van der Waals surface area contributed by atoms with Gasteiger partial charge in [-0.05, 0) is 22.8 Å². The summed E-state index contributed by atoms with van der Waals surface area (Å²) in [6.07, 6.45) is 11.2. The fourth-order valence-electron chi connectivity index (χ4n) is 4.82. The molecule has 0 aliphatic heterocycles. The number of carboxylic acids is 1. The molecule has 1 aromatic heterocycles. The lowest BCUT2D eigenvalue weighted by Gasteiger charge is -2.43. The second-order valence-corrected chi connectivity index (χ2v) is 9.43. The van der Waals surface area contributed by atoms with Crippen LogP contribution in [0.1, 0.15) is 31.5 Å². The topological polar surface area (TPSA) is 121 Å². The molecule has 0 saturated heterocycles. The van der Waals surface area contributed by atoms with Crippen molar-refractivity contribution in [2.24, 2.45) is 17.1 Å². The molecule has 1 aliphatic carbocycles. The van der Waals surface area contributed by atoms with Crippen molar-refractivity contribution in [1.82, 2.24) is 15.3 Å². The molecule has 3 unspecified atom stereocenters. The summed E-state index contributed by atoms with van der Waals surface area (Å²) < 4.78 is 0. The van der Waals surface area contributed by atoms with Gasteiger partial charge in [0.25, 0.3) is 0 Å². The van der Waals surface area contributed by atoms with Crippen molar-refractivity contribution in [3.63, 3.8) is 0 Å². The van der Waals surface area contributed by atoms with Crippen molar-refractivity contribution in [3.05, 3.63) is 90.6 Å². The smallest absolute Gasteiger partial charge is 0.320 e. The lowest BCUT2D eigenvalue weighted by molar-refractivity contribution is -0.140. The number of rotatable bonds is 9. The number of ketones is 1. The molecule has 3 aromatic rings. The zero-order chi connectivity index (χ0) is 24.3. The number of nitrogens with one attached hydrogen (secondary N) is 2. The SMILES string of the molecule is CC(C)(CC(N)C(=O)O)C(=O)C1C=CC=CC1(NCc1c[nH]cn1)c1cccc2ccccc12. The summed E-state index contributed by atoms with van der Waals surface area (Å²) in [7, 11) is 0. The number of carboxylic acid groups (broad SMARTS) is 1. The molecule has 0 bridgehead atoms. The third kappa shape index (κ3) is 4.44. The number of Topliss-reactive ketones (excluding diaryl/α,β-unsaturated/α-hetero) is 1. The maximum absolute atomic E-state index is 14.1. The van der Waals surface area contributed by atoms with Crippen LogP contribution in [0.3, 0.4) is 0 Å². The average molecular weight is 459 g/mol. The van der Waals surface area contributed by atoms with Crippen LogP contribution >= 0.6 is 0 Å². The van der Waals surface area contributed by atoms with Crippen molar-refractivity contribution in [3.8, 4) is 0 Å². The Morgan fingerprint density at radius 3 is 2.71 bits per heavy atom. The Morgan fingerprint density at radius 1 is 1.21 bits per heavy atom. The van der Waals surface area contributed by atoms with Crippen LogP contribution in [-0.4, -0.2) is 32.9 Å². The number of benzene rings is 2. The number of allylic oxidation sites excluding steroid dienone is 2. The van der Waals surface area contributed by atoms with Gasteiger partial charge in [-0.2, -0.15) is 0 Å². The second kappa shape index (κ2) is 9.37. The molecule has 2 aromatic carbocycles. The van der Waals surface area contributed by atoms with E-state index in [0.29, 0.717) is 6.54 Å². The first kappa shape index (κ1) is 23.6. The first-order chi connectivity index (χ1) is 16.2. The summed E-state index contributed by atoms with van der Waals surface area (Å²) in [5.41, 5.74) is 5.80. The molecular weight excluding hydrogens is 428 g/mol. The monoisotopic (exact) mass is 458 g/mol. The fourth-order valence-corrected chi connectivity index (χ4v) is 4.82. The normalized spacial score (nSPS) is 21.0. The highest BCUT2D eigenvalue weighted by Gasteiger charge is 2.47. The van der Waals surface area contributed by atoms with Crippen molar-refractivity contribution in [2.75, 3.05) is 0 Å². The molecule has 0 saturated carbocycles. The van der Waals surface area contributed by atoms with Gasteiger partial charge in [-0.15, -0.1) is 0 Å². The van der Waals surface area contributed by atoms with Crippen LogP contribution in [0.15, 0.2) is 79.3 Å². The largest absolute Gasteiger partial charge is 0.480 e. The van der Waals surface area contributed by atoms with E-state index in [9.17, 15) is 14.7 Å². The summed E-state index contributed by atoms with van der Waals surface area (Å²) >= 11 is 0. The van der Waals surface area contributed by atoms with Gasteiger partial charge in [0, 0.05) is 18.2 Å². The molecule has 0 amide bonds. The zero-order valence-electron chi connectivity index (χ0n) is 19.4. The number of carbonyl (C=O) groups excluding carboxylic acids is 1. The van der Waals surface area contributed by atoms with Gasteiger partial charge in [-0.3, -0.25) is 14.9 Å². The van der Waals surface area contributed by atoms with Gasteiger partial charge < -0.3 is 15.8 Å². The van der Waals surface area contributed by atoms with Crippen molar-refractivity contribution in [2.45, 2.75) is 38.4 Å². The van der Waals surface area contributed by atoms with E-state index in [1.807, 2.05) is 54.8 Å². The Kier molecular flexibility index (Phi) is 6.50. The summed E-state index contributed by atoms with van der Waals surface area (Å²) in [5, 5.41) is 15.1. The fraction of sp³-hybridized carbons (Fsp3) is 0.296. The Hall–Kier alpha value is -3.55. The van der Waals surface area contributed by atoms with Gasteiger partial charge >= 0.3 is 5.97 Å². The van der Waals surface area contributed by atoms with Gasteiger partial charge in [0.15, 0.2) is 0 Å². The Labute approximate surface area is 198 Å². The molecule has 5 N–H and O–H groups in total. The molecule has 7 heteroatoms.